The average molecular weight is 296 g/mol. The van der Waals surface area contributed by atoms with E-state index < -0.39 is 0 Å². The molecule has 1 aromatic carbocycles. The van der Waals surface area contributed by atoms with Gasteiger partial charge < -0.3 is 14.7 Å². The van der Waals surface area contributed by atoms with Crippen LogP contribution in [0.2, 0.25) is 5.02 Å². The lowest BCUT2D eigenvalue weighted by molar-refractivity contribution is -0.157. The van der Waals surface area contributed by atoms with Crippen molar-refractivity contribution < 1.29 is 14.6 Å². The molecule has 1 spiro atoms. The van der Waals surface area contributed by atoms with E-state index in [1.165, 1.54) is 6.07 Å². The van der Waals surface area contributed by atoms with Crippen LogP contribution >= 0.6 is 11.6 Å². The molecule has 2 fully saturated rings. The van der Waals surface area contributed by atoms with Gasteiger partial charge in [0.2, 0.25) is 5.91 Å². The number of morpholine rings is 1. The van der Waals surface area contributed by atoms with E-state index in [0.29, 0.717) is 24.8 Å². The molecule has 1 aliphatic heterocycles. The molecule has 1 saturated carbocycles. The van der Waals surface area contributed by atoms with E-state index in [1.54, 1.807) is 12.1 Å². The van der Waals surface area contributed by atoms with Gasteiger partial charge in [-0.15, -0.1) is 0 Å². The molecule has 0 aromatic heterocycles. The highest BCUT2D eigenvalue weighted by atomic mass is 35.5. The van der Waals surface area contributed by atoms with E-state index in [0.717, 1.165) is 24.8 Å². The van der Waals surface area contributed by atoms with E-state index in [9.17, 15) is 9.90 Å². The Morgan fingerprint density at radius 3 is 2.90 bits per heavy atom. The van der Waals surface area contributed by atoms with Crippen LogP contribution in [0, 0.1) is 0 Å². The van der Waals surface area contributed by atoms with Gasteiger partial charge in [0.1, 0.15) is 5.75 Å². The van der Waals surface area contributed by atoms with Crippen molar-refractivity contribution in [2.75, 3.05) is 19.8 Å². The molecule has 3 rings (SSSR count). The maximum atomic E-state index is 12.6. The molecule has 1 aliphatic carbocycles. The Kier molecular flexibility index (Phi) is 3.61. The van der Waals surface area contributed by atoms with E-state index in [4.69, 9.17) is 16.3 Å². The molecule has 1 heterocycles. The second-order valence-electron chi connectivity index (χ2n) is 5.63. The molecule has 1 saturated heterocycles. The van der Waals surface area contributed by atoms with Crippen LogP contribution in [-0.2, 0) is 16.0 Å². The van der Waals surface area contributed by atoms with Crippen LogP contribution in [0.5, 0.6) is 5.75 Å². The Labute approximate surface area is 123 Å². The van der Waals surface area contributed by atoms with Crippen LogP contribution in [-0.4, -0.2) is 41.2 Å². The van der Waals surface area contributed by atoms with Gasteiger partial charge in [-0.05, 0) is 37.0 Å². The first-order valence-electron chi connectivity index (χ1n) is 6.96. The fraction of sp³-hybridized carbons (Fsp3) is 0.533. The third-order valence-corrected chi connectivity index (χ3v) is 4.72. The van der Waals surface area contributed by atoms with Gasteiger partial charge in [-0.1, -0.05) is 17.7 Å². The monoisotopic (exact) mass is 295 g/mol. The third-order valence-electron chi connectivity index (χ3n) is 4.37. The third kappa shape index (κ3) is 2.38. The van der Waals surface area contributed by atoms with Crippen molar-refractivity contribution in [1.82, 2.24) is 4.90 Å². The van der Waals surface area contributed by atoms with Gasteiger partial charge in [-0.3, -0.25) is 4.79 Å². The predicted octanol–water partition coefficient (Wildman–Crippen LogP) is 2.37. The summed E-state index contributed by atoms with van der Waals surface area (Å²) >= 11 is 6.08. The maximum Gasteiger partial charge on any atom is 0.227 e. The first-order chi connectivity index (χ1) is 9.61. The molecule has 0 bridgehead atoms. The van der Waals surface area contributed by atoms with Crippen molar-refractivity contribution in [3.05, 3.63) is 28.8 Å². The summed E-state index contributed by atoms with van der Waals surface area (Å²) in [6.07, 6.45) is 3.50. The number of hydrogen-bond acceptors (Lipinski definition) is 3. The summed E-state index contributed by atoms with van der Waals surface area (Å²) in [5, 5.41) is 9.79. The number of rotatable bonds is 2. The van der Waals surface area contributed by atoms with Crippen molar-refractivity contribution in [3.8, 4) is 5.75 Å². The van der Waals surface area contributed by atoms with Gasteiger partial charge in [0, 0.05) is 11.6 Å². The number of carbonyl (C=O) groups excluding carboxylic acids is 1. The predicted molar refractivity (Wildman–Crippen MR) is 75.9 cm³/mol. The standard InChI is InChI=1S/C15H18ClNO3/c16-13-9-12(18)3-2-11(13)8-14(19)17-6-7-20-10-15(17)4-1-5-15/h2-3,9,18H,1,4-8,10H2. The number of halogens is 1. The summed E-state index contributed by atoms with van der Waals surface area (Å²) < 4.78 is 5.54. The number of aromatic hydroxyl groups is 1. The summed E-state index contributed by atoms with van der Waals surface area (Å²) in [7, 11) is 0. The van der Waals surface area contributed by atoms with E-state index >= 15 is 0 Å². The highest BCUT2D eigenvalue weighted by Crippen LogP contribution is 2.40. The van der Waals surface area contributed by atoms with E-state index in [1.807, 2.05) is 4.90 Å². The number of carbonyl (C=O) groups is 1. The number of ether oxygens (including phenoxy) is 1. The first kappa shape index (κ1) is 13.7. The Balaban J connectivity index is 1.75. The van der Waals surface area contributed by atoms with Crippen LogP contribution in [0.15, 0.2) is 18.2 Å². The number of nitrogens with zero attached hydrogens (tertiary/aromatic N) is 1. The van der Waals surface area contributed by atoms with Gasteiger partial charge in [-0.25, -0.2) is 0 Å². The van der Waals surface area contributed by atoms with Crippen molar-refractivity contribution in [1.29, 1.82) is 0 Å². The molecule has 0 atom stereocenters. The lowest BCUT2D eigenvalue weighted by atomic mass is 9.75. The summed E-state index contributed by atoms with van der Waals surface area (Å²) in [6, 6.07) is 4.75. The number of hydrogen-bond donors (Lipinski definition) is 1. The van der Waals surface area contributed by atoms with Crippen molar-refractivity contribution in [2.24, 2.45) is 0 Å². The molecule has 1 N–H and O–H groups in total. The van der Waals surface area contributed by atoms with Crippen LogP contribution in [0.3, 0.4) is 0 Å². The normalized spacial score (nSPS) is 20.8. The number of benzene rings is 1. The van der Waals surface area contributed by atoms with Gasteiger partial charge in [0.15, 0.2) is 0 Å². The fourth-order valence-corrected chi connectivity index (χ4v) is 3.30. The molecule has 108 valence electrons. The second-order valence-corrected chi connectivity index (χ2v) is 6.04. The SMILES string of the molecule is O=C(Cc1ccc(O)cc1Cl)N1CCOCC12CCC2. The minimum Gasteiger partial charge on any atom is -0.508 e. The minimum atomic E-state index is -0.0707. The topological polar surface area (TPSA) is 49.8 Å². The highest BCUT2D eigenvalue weighted by Gasteiger charge is 2.46. The fourth-order valence-electron chi connectivity index (χ4n) is 3.06. The summed E-state index contributed by atoms with van der Waals surface area (Å²) in [6.45, 7) is 1.92. The lowest BCUT2D eigenvalue weighted by Crippen LogP contribution is -2.63. The van der Waals surface area contributed by atoms with Gasteiger partial charge in [-0.2, -0.15) is 0 Å². The molecule has 0 unspecified atom stereocenters. The van der Waals surface area contributed by atoms with Gasteiger partial charge in [0.25, 0.3) is 0 Å². The molecule has 1 amide bonds. The minimum absolute atomic E-state index is 0.0707. The molecule has 2 aliphatic rings. The Morgan fingerprint density at radius 1 is 1.45 bits per heavy atom. The zero-order chi connectivity index (χ0) is 14.2. The molecular weight excluding hydrogens is 278 g/mol. The Morgan fingerprint density at radius 2 is 2.25 bits per heavy atom. The van der Waals surface area contributed by atoms with E-state index in [-0.39, 0.29) is 23.6 Å². The average Bonchev–Trinajstić information content (AvgIpc) is 2.40. The van der Waals surface area contributed by atoms with Crippen LogP contribution in [0.1, 0.15) is 24.8 Å². The van der Waals surface area contributed by atoms with E-state index in [2.05, 4.69) is 0 Å². The zero-order valence-corrected chi connectivity index (χ0v) is 12.0. The second kappa shape index (κ2) is 5.26. The van der Waals surface area contributed by atoms with Crippen LogP contribution < -0.4 is 0 Å². The largest absolute Gasteiger partial charge is 0.508 e. The van der Waals surface area contributed by atoms with Crippen LogP contribution in [0.25, 0.3) is 0 Å². The molecule has 1 aromatic rings. The van der Waals surface area contributed by atoms with Gasteiger partial charge in [0.05, 0.1) is 25.2 Å². The number of phenolic OH excluding ortho intramolecular Hbond substituents is 1. The molecule has 5 heteroatoms. The number of amides is 1. The van der Waals surface area contributed by atoms with Crippen LogP contribution in [0.4, 0.5) is 0 Å². The molecule has 4 nitrogen and oxygen atoms in total. The van der Waals surface area contributed by atoms with Crippen molar-refractivity contribution in [3.63, 3.8) is 0 Å². The first-order valence-corrected chi connectivity index (χ1v) is 7.34. The summed E-state index contributed by atoms with van der Waals surface area (Å²) in [5.41, 5.74) is 0.689. The molecule has 20 heavy (non-hydrogen) atoms. The quantitative estimate of drug-likeness (QED) is 0.911. The maximum absolute atomic E-state index is 12.6. The smallest absolute Gasteiger partial charge is 0.227 e. The number of phenols is 1. The summed E-state index contributed by atoms with van der Waals surface area (Å²) in [4.78, 5) is 14.5. The van der Waals surface area contributed by atoms with Gasteiger partial charge >= 0.3 is 0 Å². The Bertz CT molecular complexity index is 528. The zero-order valence-electron chi connectivity index (χ0n) is 11.3. The molecule has 0 radical (unpaired) electrons. The van der Waals surface area contributed by atoms with Crippen molar-refractivity contribution in [2.45, 2.75) is 31.2 Å². The summed E-state index contributed by atoms with van der Waals surface area (Å²) in [5.74, 6) is 0.216. The lowest BCUT2D eigenvalue weighted by Gasteiger charge is -2.52. The van der Waals surface area contributed by atoms with Crippen molar-refractivity contribution >= 4 is 17.5 Å². The Hall–Kier alpha value is -1.26. The molecular formula is C15H18ClNO3. The highest BCUT2D eigenvalue weighted by molar-refractivity contribution is 6.31.